The lowest BCUT2D eigenvalue weighted by Crippen LogP contribution is -2.58. The zero-order valence-electron chi connectivity index (χ0n) is 21.2. The minimum Gasteiger partial charge on any atom is -0.508 e. The number of ether oxygens (including phenoxy) is 1. The van der Waals surface area contributed by atoms with E-state index in [1.807, 2.05) is 13.8 Å². The Bertz CT molecular complexity index is 923. The van der Waals surface area contributed by atoms with E-state index in [2.05, 4.69) is 10.6 Å². The molecule has 4 amide bonds. The van der Waals surface area contributed by atoms with Crippen molar-refractivity contribution >= 4 is 23.8 Å². The van der Waals surface area contributed by atoms with Crippen molar-refractivity contribution in [3.8, 4) is 5.75 Å². The molecule has 1 fully saturated rings. The molecule has 35 heavy (non-hydrogen) atoms. The molecule has 2 rings (SSSR count). The van der Waals surface area contributed by atoms with E-state index >= 15 is 0 Å². The molecule has 1 aliphatic carbocycles. The first-order valence-electron chi connectivity index (χ1n) is 12.0. The topological polar surface area (TPSA) is 151 Å². The third-order valence-electron chi connectivity index (χ3n) is 5.53. The van der Waals surface area contributed by atoms with E-state index in [-0.39, 0.29) is 30.7 Å². The van der Waals surface area contributed by atoms with Crippen molar-refractivity contribution in [1.82, 2.24) is 15.5 Å². The number of alkyl carbamates (subject to hydrolysis) is 1. The van der Waals surface area contributed by atoms with Crippen LogP contribution in [0.5, 0.6) is 5.75 Å². The molecule has 10 nitrogen and oxygen atoms in total. The second-order valence-electron chi connectivity index (χ2n) is 10.2. The van der Waals surface area contributed by atoms with Crippen LogP contribution in [0.25, 0.3) is 0 Å². The minimum absolute atomic E-state index is 0.0389. The van der Waals surface area contributed by atoms with Gasteiger partial charge >= 0.3 is 6.09 Å². The molecule has 0 heterocycles. The van der Waals surface area contributed by atoms with Crippen LogP contribution in [0.15, 0.2) is 24.3 Å². The molecule has 194 valence electrons. The van der Waals surface area contributed by atoms with Gasteiger partial charge in [-0.05, 0) is 78.0 Å². The Labute approximate surface area is 206 Å². The molecule has 0 saturated heterocycles. The van der Waals surface area contributed by atoms with Crippen LogP contribution in [0, 0.1) is 0 Å². The summed E-state index contributed by atoms with van der Waals surface area (Å²) in [4.78, 5) is 52.8. The van der Waals surface area contributed by atoms with E-state index in [1.54, 1.807) is 32.9 Å². The van der Waals surface area contributed by atoms with Gasteiger partial charge in [0.25, 0.3) is 0 Å². The Balaban J connectivity index is 2.48. The van der Waals surface area contributed by atoms with E-state index in [1.165, 1.54) is 17.0 Å². The summed E-state index contributed by atoms with van der Waals surface area (Å²) in [6, 6.07) is 3.59. The van der Waals surface area contributed by atoms with Gasteiger partial charge in [-0.1, -0.05) is 12.1 Å². The molecule has 1 aromatic rings. The van der Waals surface area contributed by atoms with E-state index in [4.69, 9.17) is 10.5 Å². The number of phenolic OH excluding ortho intramolecular Hbond substituents is 1. The lowest BCUT2D eigenvalue weighted by molar-refractivity contribution is -0.147. The number of nitrogens with one attached hydrogen (secondary N) is 2. The van der Waals surface area contributed by atoms with Crippen molar-refractivity contribution < 1.29 is 29.0 Å². The fourth-order valence-electron chi connectivity index (χ4n) is 3.85. The molecule has 0 bridgehead atoms. The van der Waals surface area contributed by atoms with Gasteiger partial charge in [0.15, 0.2) is 0 Å². The largest absolute Gasteiger partial charge is 0.508 e. The number of benzene rings is 1. The zero-order valence-corrected chi connectivity index (χ0v) is 21.2. The fraction of sp³-hybridized carbons (Fsp3) is 0.600. The Morgan fingerprint density at radius 2 is 1.83 bits per heavy atom. The van der Waals surface area contributed by atoms with Gasteiger partial charge < -0.3 is 31.1 Å². The summed E-state index contributed by atoms with van der Waals surface area (Å²) in [5.41, 5.74) is 4.96. The van der Waals surface area contributed by atoms with E-state index in [9.17, 15) is 24.3 Å². The smallest absolute Gasteiger partial charge is 0.408 e. The highest BCUT2D eigenvalue weighted by atomic mass is 16.6. The molecule has 0 aromatic heterocycles. The van der Waals surface area contributed by atoms with Crippen molar-refractivity contribution in [2.24, 2.45) is 5.73 Å². The number of rotatable bonds is 10. The predicted octanol–water partition coefficient (Wildman–Crippen LogP) is 2.50. The van der Waals surface area contributed by atoms with Crippen molar-refractivity contribution in [2.45, 2.75) is 96.5 Å². The summed E-state index contributed by atoms with van der Waals surface area (Å²) in [6.45, 7) is 8.71. The third-order valence-corrected chi connectivity index (χ3v) is 5.53. The first-order valence-corrected chi connectivity index (χ1v) is 12.0. The standard InChI is InChI=1S/C25H38N4O6/c1-15(2)27-22(32)21(16-8-6-11-18(30)14-16)29(17-9-7-10-17)23(33)19(12-13-20(26)31)28-24(34)35-25(3,4)5/h6,8,11,14-15,17,19,21,30H,7,9-10,12-13H2,1-5H3,(H2,26,31)(H,27,32)(H,28,34). The van der Waals surface area contributed by atoms with Crippen molar-refractivity contribution in [3.63, 3.8) is 0 Å². The average molecular weight is 491 g/mol. The van der Waals surface area contributed by atoms with Crippen LogP contribution >= 0.6 is 0 Å². The minimum atomic E-state index is -1.13. The monoisotopic (exact) mass is 490 g/mol. The van der Waals surface area contributed by atoms with E-state index in [0.29, 0.717) is 18.4 Å². The van der Waals surface area contributed by atoms with Gasteiger partial charge in [-0.25, -0.2) is 4.79 Å². The Morgan fingerprint density at radius 1 is 1.17 bits per heavy atom. The third kappa shape index (κ3) is 8.45. The van der Waals surface area contributed by atoms with Crippen LogP contribution < -0.4 is 16.4 Å². The van der Waals surface area contributed by atoms with Crippen LogP contribution in [0.4, 0.5) is 4.79 Å². The predicted molar refractivity (Wildman–Crippen MR) is 130 cm³/mol. The maximum Gasteiger partial charge on any atom is 0.408 e. The van der Waals surface area contributed by atoms with Gasteiger partial charge in [-0.2, -0.15) is 0 Å². The second kappa shape index (κ2) is 11.9. The quantitative estimate of drug-likeness (QED) is 0.396. The van der Waals surface area contributed by atoms with Gasteiger partial charge in [0.2, 0.25) is 17.7 Å². The highest BCUT2D eigenvalue weighted by Gasteiger charge is 2.42. The first kappa shape index (κ1) is 27.9. The number of aromatic hydroxyl groups is 1. The van der Waals surface area contributed by atoms with Crippen LogP contribution in [-0.4, -0.2) is 57.5 Å². The number of carbonyl (C=O) groups excluding carboxylic acids is 4. The molecule has 5 N–H and O–H groups in total. The van der Waals surface area contributed by atoms with Crippen LogP contribution in [0.3, 0.4) is 0 Å². The van der Waals surface area contributed by atoms with Crippen LogP contribution in [-0.2, 0) is 19.1 Å². The molecule has 2 unspecified atom stereocenters. The number of hydrogen-bond acceptors (Lipinski definition) is 6. The van der Waals surface area contributed by atoms with Crippen molar-refractivity contribution in [1.29, 1.82) is 0 Å². The molecule has 0 aliphatic heterocycles. The number of carbonyl (C=O) groups is 4. The molecule has 0 spiro atoms. The lowest BCUT2D eigenvalue weighted by Gasteiger charge is -2.43. The maximum absolute atomic E-state index is 13.9. The number of nitrogens with zero attached hydrogens (tertiary/aromatic N) is 1. The first-order chi connectivity index (χ1) is 16.3. The fourth-order valence-corrected chi connectivity index (χ4v) is 3.85. The van der Waals surface area contributed by atoms with E-state index < -0.39 is 41.5 Å². The summed E-state index contributed by atoms with van der Waals surface area (Å²) in [6.07, 6.45) is 1.26. The molecular weight excluding hydrogens is 452 g/mol. The average Bonchev–Trinajstić information content (AvgIpc) is 2.66. The van der Waals surface area contributed by atoms with Gasteiger partial charge in [-0.3, -0.25) is 14.4 Å². The Hall–Kier alpha value is -3.30. The number of amides is 4. The Kier molecular flexibility index (Phi) is 9.50. The lowest BCUT2D eigenvalue weighted by atomic mass is 9.87. The van der Waals surface area contributed by atoms with Crippen LogP contribution in [0.1, 0.15) is 78.3 Å². The summed E-state index contributed by atoms with van der Waals surface area (Å²) in [7, 11) is 0. The highest BCUT2D eigenvalue weighted by molar-refractivity contribution is 5.93. The van der Waals surface area contributed by atoms with Crippen molar-refractivity contribution in [3.05, 3.63) is 29.8 Å². The Morgan fingerprint density at radius 3 is 2.31 bits per heavy atom. The molecule has 0 radical (unpaired) electrons. The number of primary amides is 1. The van der Waals surface area contributed by atoms with Crippen LogP contribution in [0.2, 0.25) is 0 Å². The summed E-state index contributed by atoms with van der Waals surface area (Å²) in [5.74, 6) is -1.58. The van der Waals surface area contributed by atoms with Gasteiger partial charge in [-0.15, -0.1) is 0 Å². The molecule has 1 aliphatic rings. The SMILES string of the molecule is CC(C)NC(=O)C(c1cccc(O)c1)N(C(=O)C(CCC(N)=O)NC(=O)OC(C)(C)C)C1CCC1. The highest BCUT2D eigenvalue weighted by Crippen LogP contribution is 2.35. The molecule has 1 saturated carbocycles. The zero-order chi connectivity index (χ0) is 26.3. The number of phenols is 1. The molecule has 1 aromatic carbocycles. The normalized spacial score (nSPS) is 15.5. The summed E-state index contributed by atoms with van der Waals surface area (Å²) in [5, 5.41) is 15.5. The van der Waals surface area contributed by atoms with Gasteiger partial charge in [0.05, 0.1) is 0 Å². The van der Waals surface area contributed by atoms with Gasteiger partial charge in [0, 0.05) is 18.5 Å². The number of nitrogens with two attached hydrogens (primary N) is 1. The van der Waals surface area contributed by atoms with Crippen molar-refractivity contribution in [2.75, 3.05) is 0 Å². The molecular formula is C25H38N4O6. The molecule has 10 heteroatoms. The summed E-state index contributed by atoms with van der Waals surface area (Å²) < 4.78 is 5.32. The maximum atomic E-state index is 13.9. The second-order valence-corrected chi connectivity index (χ2v) is 10.2. The van der Waals surface area contributed by atoms with E-state index in [0.717, 1.165) is 6.42 Å². The molecule has 2 atom stereocenters. The van der Waals surface area contributed by atoms with Gasteiger partial charge in [0.1, 0.15) is 23.4 Å². The number of hydrogen-bond donors (Lipinski definition) is 4. The summed E-state index contributed by atoms with van der Waals surface area (Å²) >= 11 is 0.